The summed E-state index contributed by atoms with van der Waals surface area (Å²) in [5, 5.41) is 0. The predicted octanol–water partition coefficient (Wildman–Crippen LogP) is 1.99. The van der Waals surface area contributed by atoms with Crippen LogP contribution in [0.15, 0.2) is 22.8 Å². The Morgan fingerprint density at radius 2 is 2.55 bits per heavy atom. The molecule has 0 bridgehead atoms. The summed E-state index contributed by atoms with van der Waals surface area (Å²) >= 11 is 0. The maximum absolute atomic E-state index is 10.8. The summed E-state index contributed by atoms with van der Waals surface area (Å²) in [5.41, 5.74) is 0. The highest BCUT2D eigenvalue weighted by Gasteiger charge is 2.03. The molecule has 0 aliphatic carbocycles. The van der Waals surface area contributed by atoms with E-state index in [4.69, 9.17) is 9.15 Å². The number of furan rings is 1. The number of rotatable bonds is 3. The van der Waals surface area contributed by atoms with Crippen LogP contribution in [0.4, 0.5) is 0 Å². The van der Waals surface area contributed by atoms with E-state index in [2.05, 4.69) is 0 Å². The van der Waals surface area contributed by atoms with Gasteiger partial charge in [-0.3, -0.25) is 4.79 Å². The van der Waals surface area contributed by atoms with E-state index in [0.717, 1.165) is 6.42 Å². The molecule has 0 aliphatic heterocycles. The van der Waals surface area contributed by atoms with Crippen LogP contribution in [-0.2, 0) is 4.79 Å². The van der Waals surface area contributed by atoms with Crippen LogP contribution in [0.25, 0.3) is 0 Å². The molecular formula is C8H10O3. The molecule has 0 amide bonds. The number of esters is 1. The summed E-state index contributed by atoms with van der Waals surface area (Å²) in [7, 11) is 0. The molecule has 1 rings (SSSR count). The highest BCUT2D eigenvalue weighted by molar-refractivity contribution is 5.71. The van der Waals surface area contributed by atoms with Crippen molar-refractivity contribution in [2.24, 2.45) is 0 Å². The SMILES string of the molecule is CCCC(=O)Oc1ccco1. The standard InChI is InChI=1S/C8H10O3/c1-2-4-7(9)11-8-5-3-6-10-8/h3,5-6H,2,4H2,1H3. The number of hydrogen-bond donors (Lipinski definition) is 0. The molecule has 0 radical (unpaired) electrons. The van der Waals surface area contributed by atoms with Gasteiger partial charge in [-0.25, -0.2) is 0 Å². The van der Waals surface area contributed by atoms with Gasteiger partial charge in [-0.05, 0) is 12.5 Å². The summed E-state index contributed by atoms with van der Waals surface area (Å²) in [5.74, 6) is 0.0194. The van der Waals surface area contributed by atoms with E-state index in [0.29, 0.717) is 6.42 Å². The number of hydrogen-bond acceptors (Lipinski definition) is 3. The molecule has 60 valence electrons. The lowest BCUT2D eigenvalue weighted by Crippen LogP contribution is -2.05. The van der Waals surface area contributed by atoms with Gasteiger partial charge in [0.1, 0.15) is 0 Å². The summed E-state index contributed by atoms with van der Waals surface area (Å²) < 4.78 is 9.60. The zero-order chi connectivity index (χ0) is 8.10. The molecule has 0 atom stereocenters. The van der Waals surface area contributed by atoms with Crippen LogP contribution in [0.1, 0.15) is 19.8 Å². The molecule has 0 N–H and O–H groups in total. The second kappa shape index (κ2) is 3.81. The Balaban J connectivity index is 2.37. The Hall–Kier alpha value is -1.25. The van der Waals surface area contributed by atoms with E-state index in [-0.39, 0.29) is 11.9 Å². The van der Waals surface area contributed by atoms with Gasteiger partial charge in [-0.2, -0.15) is 0 Å². The molecule has 0 spiro atoms. The molecule has 0 aromatic carbocycles. The molecule has 11 heavy (non-hydrogen) atoms. The molecule has 1 aromatic rings. The van der Waals surface area contributed by atoms with Crippen LogP contribution in [0.5, 0.6) is 5.95 Å². The van der Waals surface area contributed by atoms with Crippen LogP contribution in [0.2, 0.25) is 0 Å². The van der Waals surface area contributed by atoms with Crippen molar-refractivity contribution in [1.29, 1.82) is 0 Å². The molecule has 1 heterocycles. The minimum atomic E-state index is -0.248. The lowest BCUT2D eigenvalue weighted by molar-refractivity contribution is -0.135. The lowest BCUT2D eigenvalue weighted by Gasteiger charge is -1.96. The molecule has 0 aliphatic rings. The Bertz CT molecular complexity index is 213. The monoisotopic (exact) mass is 154 g/mol. The molecule has 0 saturated carbocycles. The topological polar surface area (TPSA) is 39.4 Å². The van der Waals surface area contributed by atoms with Crippen molar-refractivity contribution in [2.75, 3.05) is 0 Å². The van der Waals surface area contributed by atoms with Crippen molar-refractivity contribution in [3.8, 4) is 5.95 Å². The van der Waals surface area contributed by atoms with Gasteiger partial charge >= 0.3 is 5.97 Å². The Kier molecular flexibility index (Phi) is 2.72. The van der Waals surface area contributed by atoms with Crippen molar-refractivity contribution in [1.82, 2.24) is 0 Å². The van der Waals surface area contributed by atoms with Gasteiger partial charge in [-0.15, -0.1) is 0 Å². The molecule has 1 aromatic heterocycles. The summed E-state index contributed by atoms with van der Waals surface area (Å²) in [6, 6.07) is 3.28. The van der Waals surface area contributed by atoms with Crippen molar-refractivity contribution >= 4 is 5.97 Å². The molecular weight excluding hydrogens is 144 g/mol. The van der Waals surface area contributed by atoms with Crippen molar-refractivity contribution in [2.45, 2.75) is 19.8 Å². The zero-order valence-corrected chi connectivity index (χ0v) is 6.37. The van der Waals surface area contributed by atoms with Crippen molar-refractivity contribution < 1.29 is 13.9 Å². The summed E-state index contributed by atoms with van der Waals surface area (Å²) in [6.45, 7) is 1.92. The number of carbonyl (C=O) groups excluding carboxylic acids is 1. The van der Waals surface area contributed by atoms with E-state index < -0.39 is 0 Å². The fourth-order valence-electron chi connectivity index (χ4n) is 0.689. The maximum Gasteiger partial charge on any atom is 0.313 e. The summed E-state index contributed by atoms with van der Waals surface area (Å²) in [4.78, 5) is 10.8. The highest BCUT2D eigenvalue weighted by Crippen LogP contribution is 2.10. The van der Waals surface area contributed by atoms with E-state index in [9.17, 15) is 4.79 Å². The van der Waals surface area contributed by atoms with E-state index in [1.165, 1.54) is 6.26 Å². The zero-order valence-electron chi connectivity index (χ0n) is 6.37. The van der Waals surface area contributed by atoms with Gasteiger partial charge in [0.05, 0.1) is 6.26 Å². The normalized spacial score (nSPS) is 9.55. The first-order chi connectivity index (χ1) is 5.33. The molecule has 0 saturated heterocycles. The minimum Gasteiger partial charge on any atom is -0.434 e. The van der Waals surface area contributed by atoms with Crippen LogP contribution in [0.3, 0.4) is 0 Å². The van der Waals surface area contributed by atoms with Crippen LogP contribution in [-0.4, -0.2) is 5.97 Å². The van der Waals surface area contributed by atoms with Crippen LogP contribution < -0.4 is 4.74 Å². The van der Waals surface area contributed by atoms with Crippen LogP contribution in [0, 0.1) is 0 Å². The third kappa shape index (κ3) is 2.45. The third-order valence-electron chi connectivity index (χ3n) is 1.16. The van der Waals surface area contributed by atoms with Crippen molar-refractivity contribution in [3.63, 3.8) is 0 Å². The Morgan fingerprint density at radius 1 is 1.73 bits per heavy atom. The van der Waals surface area contributed by atoms with E-state index in [1.54, 1.807) is 12.1 Å². The average Bonchev–Trinajstić information content (AvgIpc) is 2.40. The van der Waals surface area contributed by atoms with E-state index >= 15 is 0 Å². The van der Waals surface area contributed by atoms with Gasteiger partial charge < -0.3 is 9.15 Å². The highest BCUT2D eigenvalue weighted by atomic mass is 16.6. The lowest BCUT2D eigenvalue weighted by atomic mass is 10.3. The Morgan fingerprint density at radius 3 is 3.09 bits per heavy atom. The Labute approximate surface area is 65.0 Å². The van der Waals surface area contributed by atoms with Gasteiger partial charge in [0, 0.05) is 12.5 Å². The van der Waals surface area contributed by atoms with Gasteiger partial charge in [0.15, 0.2) is 0 Å². The number of ether oxygens (including phenoxy) is 1. The van der Waals surface area contributed by atoms with Gasteiger partial charge in [0.25, 0.3) is 5.95 Å². The largest absolute Gasteiger partial charge is 0.434 e. The first kappa shape index (κ1) is 7.85. The average molecular weight is 154 g/mol. The van der Waals surface area contributed by atoms with Gasteiger partial charge in [-0.1, -0.05) is 6.92 Å². The first-order valence-corrected chi connectivity index (χ1v) is 3.57. The molecule has 0 unspecified atom stereocenters. The summed E-state index contributed by atoms with van der Waals surface area (Å²) in [6.07, 6.45) is 2.69. The minimum absolute atomic E-state index is 0.248. The molecule has 0 fully saturated rings. The molecule has 3 heteroatoms. The predicted molar refractivity (Wildman–Crippen MR) is 39.3 cm³/mol. The fourth-order valence-corrected chi connectivity index (χ4v) is 0.689. The second-order valence-electron chi connectivity index (χ2n) is 2.16. The molecule has 3 nitrogen and oxygen atoms in total. The third-order valence-corrected chi connectivity index (χ3v) is 1.16. The quantitative estimate of drug-likeness (QED) is 0.625. The number of carbonyl (C=O) groups is 1. The fraction of sp³-hybridized carbons (Fsp3) is 0.375. The van der Waals surface area contributed by atoms with E-state index in [1.807, 2.05) is 6.92 Å². The van der Waals surface area contributed by atoms with Gasteiger partial charge in [0.2, 0.25) is 0 Å². The smallest absolute Gasteiger partial charge is 0.313 e. The first-order valence-electron chi connectivity index (χ1n) is 3.57. The van der Waals surface area contributed by atoms with Crippen LogP contribution >= 0.6 is 0 Å². The second-order valence-corrected chi connectivity index (χ2v) is 2.16. The maximum atomic E-state index is 10.8. The van der Waals surface area contributed by atoms with Crippen molar-refractivity contribution in [3.05, 3.63) is 18.4 Å².